The zero-order valence-corrected chi connectivity index (χ0v) is 15.8. The summed E-state index contributed by atoms with van der Waals surface area (Å²) in [5.41, 5.74) is 1.78. The number of allylic oxidation sites excluding steroid dienone is 1. The highest BCUT2D eigenvalue weighted by molar-refractivity contribution is 6.35. The number of hydrogen-bond donors (Lipinski definition) is 1. The van der Waals surface area contributed by atoms with Gasteiger partial charge in [-0.3, -0.25) is 9.59 Å². The first kappa shape index (κ1) is 19.0. The summed E-state index contributed by atoms with van der Waals surface area (Å²) in [6.07, 6.45) is 3.00. The van der Waals surface area contributed by atoms with Gasteiger partial charge in [0.15, 0.2) is 5.78 Å². The Morgan fingerprint density at radius 3 is 2.44 bits per heavy atom. The van der Waals surface area contributed by atoms with Crippen LogP contribution in [0.4, 0.5) is 5.69 Å². The van der Waals surface area contributed by atoms with Gasteiger partial charge in [-0.15, -0.1) is 0 Å². The molecule has 0 bridgehead atoms. The van der Waals surface area contributed by atoms with Crippen molar-refractivity contribution in [1.29, 1.82) is 0 Å². The van der Waals surface area contributed by atoms with E-state index >= 15 is 0 Å². The van der Waals surface area contributed by atoms with E-state index in [0.29, 0.717) is 32.8 Å². The first-order chi connectivity index (χ1) is 12.9. The van der Waals surface area contributed by atoms with E-state index in [0.717, 1.165) is 5.56 Å². The van der Waals surface area contributed by atoms with Crippen molar-refractivity contribution in [3.63, 3.8) is 0 Å². The molecule has 0 saturated carbocycles. The maximum Gasteiger partial charge on any atom is 0.221 e. The first-order valence-corrected chi connectivity index (χ1v) is 8.83. The monoisotopic (exact) mass is 399 g/mol. The number of carbonyl (C=O) groups excluding carboxylic acids is 2. The van der Waals surface area contributed by atoms with Gasteiger partial charge in [-0.2, -0.15) is 0 Å². The Kier molecular flexibility index (Phi) is 5.79. The van der Waals surface area contributed by atoms with Crippen molar-refractivity contribution in [2.24, 2.45) is 0 Å². The summed E-state index contributed by atoms with van der Waals surface area (Å²) in [7, 11) is 0. The Morgan fingerprint density at radius 2 is 1.74 bits per heavy atom. The quantitative estimate of drug-likeness (QED) is 0.415. The smallest absolute Gasteiger partial charge is 0.221 e. The molecule has 27 heavy (non-hydrogen) atoms. The minimum atomic E-state index is -0.203. The van der Waals surface area contributed by atoms with Crippen LogP contribution >= 0.6 is 23.2 Å². The third-order valence-electron chi connectivity index (χ3n) is 3.64. The highest BCUT2D eigenvalue weighted by atomic mass is 35.5. The van der Waals surface area contributed by atoms with Crippen LogP contribution in [0, 0.1) is 0 Å². The van der Waals surface area contributed by atoms with E-state index < -0.39 is 0 Å². The second-order valence-corrected chi connectivity index (χ2v) is 6.69. The Hall–Kier alpha value is -2.82. The van der Waals surface area contributed by atoms with Crippen LogP contribution in [-0.2, 0) is 4.79 Å². The van der Waals surface area contributed by atoms with E-state index in [1.165, 1.54) is 13.0 Å². The van der Waals surface area contributed by atoms with Gasteiger partial charge >= 0.3 is 0 Å². The van der Waals surface area contributed by atoms with E-state index in [-0.39, 0.29) is 11.7 Å². The molecule has 1 heterocycles. The molecule has 1 aromatic heterocycles. The Balaban J connectivity index is 1.76. The predicted octanol–water partition coefficient (Wildman–Crippen LogP) is 6.11. The van der Waals surface area contributed by atoms with Crippen LogP contribution in [0.25, 0.3) is 17.4 Å². The molecule has 2 aromatic carbocycles. The summed E-state index contributed by atoms with van der Waals surface area (Å²) in [6.45, 7) is 1.41. The molecule has 0 saturated heterocycles. The van der Waals surface area contributed by atoms with Gasteiger partial charge < -0.3 is 9.73 Å². The maximum atomic E-state index is 12.3. The highest BCUT2D eigenvalue weighted by Gasteiger charge is 2.07. The number of anilines is 1. The van der Waals surface area contributed by atoms with E-state index in [1.807, 2.05) is 0 Å². The van der Waals surface area contributed by atoms with Crippen molar-refractivity contribution in [2.75, 3.05) is 5.32 Å². The van der Waals surface area contributed by atoms with Crippen molar-refractivity contribution in [2.45, 2.75) is 6.92 Å². The zero-order valence-electron chi connectivity index (χ0n) is 14.3. The number of furan rings is 1. The summed E-state index contributed by atoms with van der Waals surface area (Å²) in [5.74, 6) is 0.719. The van der Waals surface area contributed by atoms with Crippen LogP contribution < -0.4 is 5.32 Å². The molecule has 0 unspecified atom stereocenters. The minimum Gasteiger partial charge on any atom is -0.457 e. The summed E-state index contributed by atoms with van der Waals surface area (Å²) >= 11 is 12.0. The topological polar surface area (TPSA) is 59.3 Å². The van der Waals surface area contributed by atoms with Crippen LogP contribution in [0.3, 0.4) is 0 Å². The summed E-state index contributed by atoms with van der Waals surface area (Å²) in [5, 5.41) is 3.68. The normalized spacial score (nSPS) is 10.9. The molecule has 3 aromatic rings. The number of amides is 1. The van der Waals surface area contributed by atoms with Crippen LogP contribution in [0.5, 0.6) is 0 Å². The van der Waals surface area contributed by atoms with Gasteiger partial charge in [0.1, 0.15) is 11.5 Å². The number of rotatable bonds is 5. The average Bonchev–Trinajstić information content (AvgIpc) is 3.07. The number of ketones is 1. The Labute approximate surface area is 166 Å². The number of hydrogen-bond acceptors (Lipinski definition) is 3. The molecule has 0 fully saturated rings. The van der Waals surface area contributed by atoms with Gasteiger partial charge in [-0.05, 0) is 54.6 Å². The van der Waals surface area contributed by atoms with Crippen molar-refractivity contribution >= 4 is 46.7 Å². The van der Waals surface area contributed by atoms with Crippen LogP contribution in [0.2, 0.25) is 10.0 Å². The SMILES string of the molecule is CC(=O)Nc1cccc(C(=O)/C=C/c2ccc(-c3cc(Cl)cc(Cl)c3)o2)c1. The van der Waals surface area contributed by atoms with Gasteiger partial charge in [0.2, 0.25) is 5.91 Å². The first-order valence-electron chi connectivity index (χ1n) is 8.07. The molecule has 136 valence electrons. The molecule has 3 rings (SSSR count). The Bertz CT molecular complexity index is 1020. The van der Waals surface area contributed by atoms with Gasteiger partial charge in [0.25, 0.3) is 0 Å². The average molecular weight is 400 g/mol. The predicted molar refractivity (Wildman–Crippen MR) is 108 cm³/mol. The fourth-order valence-corrected chi connectivity index (χ4v) is 3.03. The lowest BCUT2D eigenvalue weighted by Crippen LogP contribution is -2.06. The standard InChI is InChI=1S/C21H15Cl2NO3/c1-13(25)24-18-4-2-3-14(11-18)20(26)7-5-19-6-8-21(27-19)15-9-16(22)12-17(23)10-15/h2-12H,1H3,(H,24,25)/b7-5+. The summed E-state index contributed by atoms with van der Waals surface area (Å²) in [4.78, 5) is 23.5. The fourth-order valence-electron chi connectivity index (χ4n) is 2.50. The lowest BCUT2D eigenvalue weighted by Gasteiger charge is -2.03. The third-order valence-corrected chi connectivity index (χ3v) is 4.08. The molecule has 6 heteroatoms. The third kappa shape index (κ3) is 5.09. The summed E-state index contributed by atoms with van der Waals surface area (Å²) < 4.78 is 5.73. The summed E-state index contributed by atoms with van der Waals surface area (Å²) in [6, 6.07) is 15.4. The second-order valence-electron chi connectivity index (χ2n) is 5.82. The maximum absolute atomic E-state index is 12.3. The van der Waals surface area contributed by atoms with Gasteiger partial charge in [-0.1, -0.05) is 35.3 Å². The molecule has 0 atom stereocenters. The Morgan fingerprint density at radius 1 is 1.00 bits per heavy atom. The number of halogens is 2. The van der Waals surface area contributed by atoms with Crippen LogP contribution in [0.1, 0.15) is 23.0 Å². The van der Waals surface area contributed by atoms with E-state index in [4.69, 9.17) is 27.6 Å². The molecule has 4 nitrogen and oxygen atoms in total. The molecule has 0 aliphatic rings. The molecule has 1 N–H and O–H groups in total. The molecule has 0 spiro atoms. The van der Waals surface area contributed by atoms with Crippen LogP contribution in [0.15, 0.2) is 65.1 Å². The van der Waals surface area contributed by atoms with Crippen molar-refractivity contribution < 1.29 is 14.0 Å². The van der Waals surface area contributed by atoms with E-state index in [9.17, 15) is 9.59 Å². The van der Waals surface area contributed by atoms with Crippen molar-refractivity contribution in [3.8, 4) is 11.3 Å². The molecule has 0 radical (unpaired) electrons. The molecular weight excluding hydrogens is 385 g/mol. The molecule has 0 aliphatic carbocycles. The van der Waals surface area contributed by atoms with Gasteiger partial charge in [-0.25, -0.2) is 0 Å². The highest BCUT2D eigenvalue weighted by Crippen LogP contribution is 2.29. The van der Waals surface area contributed by atoms with E-state index in [2.05, 4.69) is 5.32 Å². The van der Waals surface area contributed by atoms with E-state index in [1.54, 1.807) is 60.7 Å². The fraction of sp³-hybridized carbons (Fsp3) is 0.0476. The van der Waals surface area contributed by atoms with Crippen molar-refractivity contribution in [1.82, 2.24) is 0 Å². The van der Waals surface area contributed by atoms with Gasteiger partial charge in [0, 0.05) is 33.8 Å². The van der Waals surface area contributed by atoms with Crippen LogP contribution in [-0.4, -0.2) is 11.7 Å². The lowest BCUT2D eigenvalue weighted by molar-refractivity contribution is -0.114. The molecular formula is C21H15Cl2NO3. The lowest BCUT2D eigenvalue weighted by atomic mass is 10.1. The molecule has 1 amide bonds. The number of benzene rings is 2. The van der Waals surface area contributed by atoms with Crippen molar-refractivity contribution in [3.05, 3.63) is 82.0 Å². The zero-order chi connectivity index (χ0) is 19.4. The largest absolute Gasteiger partial charge is 0.457 e. The second kappa shape index (κ2) is 8.25. The van der Waals surface area contributed by atoms with Gasteiger partial charge in [0.05, 0.1) is 0 Å². The number of carbonyl (C=O) groups is 2. The molecule has 0 aliphatic heterocycles. The minimum absolute atomic E-state index is 0.195. The number of nitrogens with one attached hydrogen (secondary N) is 1.